The number of aromatic carboxylic acids is 1. The maximum absolute atomic E-state index is 13.0. The summed E-state index contributed by atoms with van der Waals surface area (Å²) < 4.78 is 6.22. The van der Waals surface area contributed by atoms with Crippen LogP contribution in [0, 0.1) is 0 Å². The van der Waals surface area contributed by atoms with Crippen molar-refractivity contribution in [3.63, 3.8) is 0 Å². The molecule has 9 nitrogen and oxygen atoms in total. The van der Waals surface area contributed by atoms with Gasteiger partial charge in [0.25, 0.3) is 11.8 Å². The molecule has 1 fully saturated rings. The number of rotatable bonds is 5. The average Bonchev–Trinajstić information content (AvgIpc) is 3.38. The van der Waals surface area contributed by atoms with E-state index in [2.05, 4.69) is 10.2 Å². The number of hydrogen-bond acceptors (Lipinski definition) is 6. The van der Waals surface area contributed by atoms with Crippen LogP contribution in [-0.2, 0) is 9.53 Å². The number of allylic oxidation sites excluding steroid dienone is 1. The lowest BCUT2D eigenvalue weighted by atomic mass is 9.91. The van der Waals surface area contributed by atoms with E-state index in [0.29, 0.717) is 47.8 Å². The Balaban J connectivity index is 1.39. The topological polar surface area (TPSA) is 119 Å². The van der Waals surface area contributed by atoms with Crippen LogP contribution in [0.5, 0.6) is 0 Å². The van der Waals surface area contributed by atoms with Gasteiger partial charge in [0, 0.05) is 49.4 Å². The van der Waals surface area contributed by atoms with Gasteiger partial charge >= 0.3 is 5.97 Å². The Hall–Kier alpha value is -3.95. The number of nitrogens with one attached hydrogen (secondary N) is 1. The maximum Gasteiger partial charge on any atom is 0.335 e. The summed E-state index contributed by atoms with van der Waals surface area (Å²) >= 11 is 0. The first-order chi connectivity index (χ1) is 17.7. The van der Waals surface area contributed by atoms with E-state index in [0.717, 1.165) is 24.2 Å². The molecule has 1 saturated heterocycles. The minimum absolute atomic E-state index is 0.0196. The number of hydrogen-bond donors (Lipinski definition) is 3. The number of amides is 2. The molecule has 0 atom stereocenters. The van der Waals surface area contributed by atoms with E-state index in [-0.39, 0.29) is 24.0 Å². The quantitative estimate of drug-likeness (QED) is 0.537. The van der Waals surface area contributed by atoms with Crippen molar-refractivity contribution in [1.29, 1.82) is 0 Å². The van der Waals surface area contributed by atoms with Gasteiger partial charge in [-0.15, -0.1) is 0 Å². The molecule has 3 aliphatic rings. The number of carbonyl (C=O) groups is 3. The van der Waals surface area contributed by atoms with Crippen molar-refractivity contribution in [2.45, 2.75) is 19.4 Å². The van der Waals surface area contributed by atoms with Crippen molar-refractivity contribution < 1.29 is 29.3 Å². The van der Waals surface area contributed by atoms with Gasteiger partial charge in [0.05, 0.1) is 23.4 Å². The van der Waals surface area contributed by atoms with E-state index in [9.17, 15) is 19.5 Å². The number of fused-ring (bicyclic) bond motifs is 1. The van der Waals surface area contributed by atoms with Gasteiger partial charge < -0.3 is 25.2 Å². The minimum atomic E-state index is -1.07. The van der Waals surface area contributed by atoms with E-state index in [1.807, 2.05) is 49.1 Å². The number of ether oxygens (including phenoxy) is 1. The number of piperazine rings is 1. The normalized spacial score (nSPS) is 20.8. The fraction of sp³-hybridized carbons (Fsp3) is 0.321. The number of nitrogens with zero attached hydrogens (tertiary/aromatic N) is 2. The van der Waals surface area contributed by atoms with E-state index < -0.39 is 11.6 Å². The van der Waals surface area contributed by atoms with Crippen molar-refractivity contribution in [3.8, 4) is 0 Å². The molecule has 0 aliphatic carbocycles. The van der Waals surface area contributed by atoms with Gasteiger partial charge in [0.2, 0.25) is 0 Å². The third-order valence-electron chi connectivity index (χ3n) is 7.07. The molecular formula is C28H29N3O6. The highest BCUT2D eigenvalue weighted by molar-refractivity contribution is 6.32. The van der Waals surface area contributed by atoms with Crippen LogP contribution in [0.4, 0.5) is 5.69 Å². The highest BCUT2D eigenvalue weighted by Gasteiger charge is 2.38. The first-order valence-corrected chi connectivity index (χ1v) is 12.3. The SMILES string of the molecule is CC1(C)O/C(=C2/C(=O)Nc3cc(C(=O)O)ccc32)C=C1c1ccc(C(=O)N2CCN(CCO)CC2)cc1. The van der Waals surface area contributed by atoms with Crippen molar-refractivity contribution in [3.05, 3.63) is 76.6 Å². The van der Waals surface area contributed by atoms with Crippen LogP contribution < -0.4 is 5.32 Å². The lowest BCUT2D eigenvalue weighted by molar-refractivity contribution is -0.111. The first-order valence-electron chi connectivity index (χ1n) is 12.3. The van der Waals surface area contributed by atoms with E-state index in [1.54, 1.807) is 6.07 Å². The minimum Gasteiger partial charge on any atom is -0.482 e. The third-order valence-corrected chi connectivity index (χ3v) is 7.07. The number of carbonyl (C=O) groups excluding carboxylic acids is 2. The Morgan fingerprint density at radius 1 is 1.03 bits per heavy atom. The molecule has 2 amide bonds. The molecule has 2 aromatic rings. The van der Waals surface area contributed by atoms with Gasteiger partial charge in [-0.2, -0.15) is 0 Å². The van der Waals surface area contributed by atoms with Crippen molar-refractivity contribution in [1.82, 2.24) is 9.80 Å². The number of carboxylic acids is 1. The Kier molecular flexibility index (Phi) is 6.35. The standard InChI is InChI=1S/C28H29N3O6/c1-28(2)21(16-23(37-28)24-20-8-7-19(27(35)36)15-22(20)29-25(24)33)17-3-5-18(6-4-17)26(34)31-11-9-30(10-12-31)13-14-32/h3-8,15-16,32H,9-14H2,1-2H3,(H,29,33)(H,35,36)/b24-23+. The van der Waals surface area contributed by atoms with E-state index >= 15 is 0 Å². The number of aliphatic hydroxyl groups excluding tert-OH is 1. The first kappa shape index (κ1) is 24.7. The Bertz CT molecular complexity index is 1330. The average molecular weight is 504 g/mol. The number of aliphatic hydroxyl groups is 1. The summed E-state index contributed by atoms with van der Waals surface area (Å²) in [6.07, 6.45) is 1.84. The molecule has 0 bridgehead atoms. The van der Waals surface area contributed by atoms with Crippen LogP contribution >= 0.6 is 0 Å². The second-order valence-electron chi connectivity index (χ2n) is 9.86. The largest absolute Gasteiger partial charge is 0.482 e. The second kappa shape index (κ2) is 9.49. The molecule has 5 rings (SSSR count). The fourth-order valence-corrected chi connectivity index (χ4v) is 5.06. The molecule has 3 N–H and O–H groups in total. The van der Waals surface area contributed by atoms with Crippen LogP contribution in [0.2, 0.25) is 0 Å². The summed E-state index contributed by atoms with van der Waals surface area (Å²) in [5, 5.41) is 21.1. The molecule has 3 heterocycles. The zero-order valence-electron chi connectivity index (χ0n) is 20.8. The summed E-state index contributed by atoms with van der Waals surface area (Å²) in [7, 11) is 0. The number of benzene rings is 2. The van der Waals surface area contributed by atoms with E-state index in [1.165, 1.54) is 12.1 Å². The molecule has 192 valence electrons. The molecule has 0 unspecified atom stereocenters. The lowest BCUT2D eigenvalue weighted by Crippen LogP contribution is -2.49. The van der Waals surface area contributed by atoms with Gasteiger partial charge in [-0.25, -0.2) is 4.79 Å². The zero-order chi connectivity index (χ0) is 26.3. The van der Waals surface area contributed by atoms with Gasteiger partial charge in [0.15, 0.2) is 0 Å². The Morgan fingerprint density at radius 2 is 1.70 bits per heavy atom. The zero-order valence-corrected chi connectivity index (χ0v) is 20.8. The molecule has 37 heavy (non-hydrogen) atoms. The summed E-state index contributed by atoms with van der Waals surface area (Å²) in [6, 6.07) is 11.9. The Labute approximate surface area is 214 Å². The molecule has 0 aromatic heterocycles. The van der Waals surface area contributed by atoms with Gasteiger partial charge in [-0.05, 0) is 49.8 Å². The predicted molar refractivity (Wildman–Crippen MR) is 138 cm³/mol. The molecule has 0 spiro atoms. The lowest BCUT2D eigenvalue weighted by Gasteiger charge is -2.34. The number of carboxylic acid groups (broad SMARTS) is 1. The van der Waals surface area contributed by atoms with Crippen LogP contribution in [0.15, 0.2) is 54.3 Å². The smallest absolute Gasteiger partial charge is 0.335 e. The van der Waals surface area contributed by atoms with Gasteiger partial charge in [-0.1, -0.05) is 18.2 Å². The van der Waals surface area contributed by atoms with Crippen LogP contribution in [0.3, 0.4) is 0 Å². The van der Waals surface area contributed by atoms with Crippen molar-refractivity contribution in [2.75, 3.05) is 44.6 Å². The van der Waals surface area contributed by atoms with Gasteiger partial charge in [-0.3, -0.25) is 14.5 Å². The molecule has 0 saturated carbocycles. The van der Waals surface area contributed by atoms with Crippen LogP contribution in [0.1, 0.15) is 45.7 Å². The molecule has 0 radical (unpaired) electrons. The summed E-state index contributed by atoms with van der Waals surface area (Å²) in [5.41, 5.74) is 3.13. The molecule has 2 aromatic carbocycles. The maximum atomic E-state index is 13.0. The Morgan fingerprint density at radius 3 is 2.35 bits per heavy atom. The van der Waals surface area contributed by atoms with Crippen LogP contribution in [0.25, 0.3) is 11.1 Å². The number of anilines is 1. The fourth-order valence-electron chi connectivity index (χ4n) is 5.06. The monoisotopic (exact) mass is 503 g/mol. The summed E-state index contributed by atoms with van der Waals surface area (Å²) in [4.78, 5) is 41.1. The molecule has 9 heteroatoms. The number of β-amino-alcohol motifs (C(OH)–C–C–N with tert-alkyl or cyclic N) is 1. The predicted octanol–water partition coefficient (Wildman–Crippen LogP) is 2.69. The van der Waals surface area contributed by atoms with Crippen molar-refractivity contribution >= 4 is 34.6 Å². The highest BCUT2D eigenvalue weighted by Crippen LogP contribution is 2.44. The summed E-state index contributed by atoms with van der Waals surface area (Å²) in [5.74, 6) is -1.01. The summed E-state index contributed by atoms with van der Waals surface area (Å²) in [6.45, 7) is 7.31. The van der Waals surface area contributed by atoms with E-state index in [4.69, 9.17) is 9.84 Å². The van der Waals surface area contributed by atoms with Gasteiger partial charge in [0.1, 0.15) is 11.4 Å². The second-order valence-corrected chi connectivity index (χ2v) is 9.86. The van der Waals surface area contributed by atoms with Crippen molar-refractivity contribution in [2.24, 2.45) is 0 Å². The van der Waals surface area contributed by atoms with Crippen LogP contribution in [-0.4, -0.2) is 82.7 Å². The molecule has 3 aliphatic heterocycles. The molecular weight excluding hydrogens is 474 g/mol. The third kappa shape index (κ3) is 4.63. The highest BCUT2D eigenvalue weighted by atomic mass is 16.5.